The van der Waals surface area contributed by atoms with E-state index in [4.69, 9.17) is 11.6 Å². The second-order valence-corrected chi connectivity index (χ2v) is 6.67. The molecule has 0 radical (unpaired) electrons. The lowest BCUT2D eigenvalue weighted by Gasteiger charge is -2.31. The van der Waals surface area contributed by atoms with Gasteiger partial charge < -0.3 is 15.3 Å². The number of hydrogen-bond acceptors (Lipinski definition) is 4. The molecule has 1 saturated heterocycles. The van der Waals surface area contributed by atoms with Crippen LogP contribution >= 0.6 is 22.9 Å². The molecule has 3 nitrogen and oxygen atoms in total. The van der Waals surface area contributed by atoms with Crippen LogP contribution in [0, 0.1) is 5.92 Å². The minimum absolute atomic E-state index is 0.331. The third kappa shape index (κ3) is 4.52. The van der Waals surface area contributed by atoms with Crippen molar-refractivity contribution in [1.82, 2.24) is 10.2 Å². The summed E-state index contributed by atoms with van der Waals surface area (Å²) in [5, 5.41) is 12.6. The van der Waals surface area contributed by atoms with Crippen molar-refractivity contribution in [3.63, 3.8) is 0 Å². The van der Waals surface area contributed by atoms with E-state index in [1.807, 2.05) is 6.07 Å². The highest BCUT2D eigenvalue weighted by Gasteiger charge is 2.18. The lowest BCUT2D eigenvalue weighted by molar-refractivity contribution is 0.121. The normalized spacial score (nSPS) is 21.3. The summed E-state index contributed by atoms with van der Waals surface area (Å²) in [5.74, 6) is 0.481. The summed E-state index contributed by atoms with van der Waals surface area (Å²) in [6.07, 6.45) is 2.39. The first-order valence-corrected chi connectivity index (χ1v) is 7.75. The second kappa shape index (κ2) is 7.46. The predicted octanol–water partition coefficient (Wildman–Crippen LogP) is 2.20. The highest BCUT2D eigenvalue weighted by atomic mass is 35.5. The zero-order chi connectivity index (χ0) is 12.8. The largest absolute Gasteiger partial charge is 0.396 e. The van der Waals surface area contributed by atoms with Gasteiger partial charge in [-0.05, 0) is 37.4 Å². The Morgan fingerprint density at radius 3 is 3.11 bits per heavy atom. The maximum absolute atomic E-state index is 9.18. The summed E-state index contributed by atoms with van der Waals surface area (Å²) in [7, 11) is 0. The van der Waals surface area contributed by atoms with Crippen LogP contribution in [0.3, 0.4) is 0 Å². The number of nitrogens with one attached hydrogen (secondary N) is 1. The van der Waals surface area contributed by atoms with Gasteiger partial charge in [-0.25, -0.2) is 0 Å². The van der Waals surface area contributed by atoms with E-state index in [1.165, 1.54) is 24.3 Å². The van der Waals surface area contributed by atoms with Crippen molar-refractivity contribution in [2.75, 3.05) is 32.8 Å². The number of rotatable bonds is 6. The quantitative estimate of drug-likeness (QED) is 0.788. The smallest absolute Gasteiger partial charge is 0.0931 e. The standard InChI is InChI=1S/C13H21ClN2OS/c14-13-4-3-12(18-13)8-15-5-7-16-6-1-2-11(9-16)10-17/h3-4,11,15,17H,1-2,5-10H2/t11-/m0/s1. The van der Waals surface area contributed by atoms with E-state index >= 15 is 0 Å². The van der Waals surface area contributed by atoms with Crippen LogP contribution in [0.4, 0.5) is 0 Å². The fourth-order valence-corrected chi connectivity index (χ4v) is 3.46. The minimum atomic E-state index is 0.331. The number of likely N-dealkylation sites (tertiary alicyclic amines) is 1. The Labute approximate surface area is 118 Å². The van der Waals surface area contributed by atoms with Crippen molar-refractivity contribution < 1.29 is 5.11 Å². The van der Waals surface area contributed by atoms with E-state index in [0.29, 0.717) is 12.5 Å². The lowest BCUT2D eigenvalue weighted by atomic mass is 9.99. The Bertz CT molecular complexity index is 359. The van der Waals surface area contributed by atoms with Gasteiger partial charge >= 0.3 is 0 Å². The van der Waals surface area contributed by atoms with Crippen LogP contribution in [0.5, 0.6) is 0 Å². The van der Waals surface area contributed by atoms with Crippen molar-refractivity contribution >= 4 is 22.9 Å². The van der Waals surface area contributed by atoms with Crippen molar-refractivity contribution in [2.24, 2.45) is 5.92 Å². The van der Waals surface area contributed by atoms with Crippen molar-refractivity contribution in [1.29, 1.82) is 0 Å². The molecule has 0 aliphatic carbocycles. The van der Waals surface area contributed by atoms with E-state index in [0.717, 1.165) is 30.5 Å². The summed E-state index contributed by atoms with van der Waals surface area (Å²) in [6.45, 7) is 5.50. The molecule has 2 rings (SSSR count). The van der Waals surface area contributed by atoms with Gasteiger partial charge in [-0.1, -0.05) is 11.6 Å². The molecule has 1 aromatic heterocycles. The molecule has 5 heteroatoms. The molecule has 0 saturated carbocycles. The number of halogens is 1. The predicted molar refractivity (Wildman–Crippen MR) is 77.3 cm³/mol. The van der Waals surface area contributed by atoms with E-state index < -0.39 is 0 Å². The number of aliphatic hydroxyl groups is 1. The van der Waals surface area contributed by atoms with E-state index in [2.05, 4.69) is 16.3 Å². The number of aliphatic hydroxyl groups excluding tert-OH is 1. The third-order valence-corrected chi connectivity index (χ3v) is 4.63. The monoisotopic (exact) mass is 288 g/mol. The van der Waals surface area contributed by atoms with E-state index in [-0.39, 0.29) is 0 Å². The lowest BCUT2D eigenvalue weighted by Crippen LogP contribution is -2.40. The van der Waals surface area contributed by atoms with Gasteiger partial charge in [-0.3, -0.25) is 0 Å². The van der Waals surface area contributed by atoms with Crippen LogP contribution in [0.2, 0.25) is 4.34 Å². The van der Waals surface area contributed by atoms with Crippen molar-refractivity contribution in [3.05, 3.63) is 21.3 Å². The highest BCUT2D eigenvalue weighted by molar-refractivity contribution is 7.16. The van der Waals surface area contributed by atoms with Gasteiger partial charge in [0.15, 0.2) is 0 Å². The summed E-state index contributed by atoms with van der Waals surface area (Å²) in [6, 6.07) is 4.02. The molecule has 2 heterocycles. The molecule has 0 aromatic carbocycles. The molecule has 0 bridgehead atoms. The first-order chi connectivity index (χ1) is 8.78. The summed E-state index contributed by atoms with van der Waals surface area (Å²) in [4.78, 5) is 3.73. The molecule has 1 aromatic rings. The van der Waals surface area contributed by atoms with Crippen molar-refractivity contribution in [3.8, 4) is 0 Å². The summed E-state index contributed by atoms with van der Waals surface area (Å²) < 4.78 is 0.855. The molecular formula is C13H21ClN2OS. The average molecular weight is 289 g/mol. The van der Waals surface area contributed by atoms with Crippen LogP contribution in [-0.2, 0) is 6.54 Å². The number of piperidine rings is 1. The van der Waals surface area contributed by atoms with Gasteiger partial charge in [0.1, 0.15) is 0 Å². The maximum atomic E-state index is 9.18. The van der Waals surface area contributed by atoms with E-state index in [9.17, 15) is 5.11 Å². The molecule has 18 heavy (non-hydrogen) atoms. The average Bonchev–Trinajstić information content (AvgIpc) is 2.81. The molecule has 102 valence electrons. The molecule has 2 N–H and O–H groups in total. The van der Waals surface area contributed by atoms with Gasteiger partial charge in [0, 0.05) is 37.7 Å². The number of hydrogen-bond donors (Lipinski definition) is 2. The second-order valence-electron chi connectivity index (χ2n) is 4.87. The highest BCUT2D eigenvalue weighted by Crippen LogP contribution is 2.21. The molecule has 0 spiro atoms. The molecule has 0 amide bonds. The summed E-state index contributed by atoms with van der Waals surface area (Å²) >= 11 is 7.52. The molecular weight excluding hydrogens is 268 g/mol. The zero-order valence-electron chi connectivity index (χ0n) is 10.6. The van der Waals surface area contributed by atoms with Crippen LogP contribution < -0.4 is 5.32 Å². The molecule has 1 atom stereocenters. The zero-order valence-corrected chi connectivity index (χ0v) is 12.1. The van der Waals surface area contributed by atoms with Crippen LogP contribution in [0.25, 0.3) is 0 Å². The Balaban J connectivity index is 1.60. The number of thiophene rings is 1. The Kier molecular flexibility index (Phi) is 5.92. The van der Waals surface area contributed by atoms with Gasteiger partial charge in [-0.2, -0.15) is 0 Å². The number of nitrogens with zero attached hydrogens (tertiary/aromatic N) is 1. The first-order valence-electron chi connectivity index (χ1n) is 6.56. The fourth-order valence-electron chi connectivity index (χ4n) is 2.40. The molecule has 1 aliphatic rings. The van der Waals surface area contributed by atoms with Crippen LogP contribution in [0.15, 0.2) is 12.1 Å². The Morgan fingerprint density at radius 1 is 1.50 bits per heavy atom. The van der Waals surface area contributed by atoms with Gasteiger partial charge in [-0.15, -0.1) is 11.3 Å². The Hall–Kier alpha value is -0.130. The maximum Gasteiger partial charge on any atom is 0.0931 e. The topological polar surface area (TPSA) is 35.5 Å². The fraction of sp³-hybridized carbons (Fsp3) is 0.692. The Morgan fingerprint density at radius 2 is 2.39 bits per heavy atom. The van der Waals surface area contributed by atoms with Crippen LogP contribution in [-0.4, -0.2) is 42.8 Å². The SMILES string of the molecule is OC[C@H]1CCCN(CCNCc2ccc(Cl)s2)C1. The summed E-state index contributed by atoms with van der Waals surface area (Å²) in [5.41, 5.74) is 0. The van der Waals surface area contributed by atoms with E-state index in [1.54, 1.807) is 11.3 Å². The van der Waals surface area contributed by atoms with Gasteiger partial charge in [0.05, 0.1) is 4.34 Å². The third-order valence-electron chi connectivity index (χ3n) is 3.39. The minimum Gasteiger partial charge on any atom is -0.396 e. The first kappa shape index (κ1) is 14.3. The van der Waals surface area contributed by atoms with Gasteiger partial charge in [0.2, 0.25) is 0 Å². The van der Waals surface area contributed by atoms with Crippen molar-refractivity contribution in [2.45, 2.75) is 19.4 Å². The van der Waals surface area contributed by atoms with Gasteiger partial charge in [0.25, 0.3) is 0 Å². The van der Waals surface area contributed by atoms with Crippen LogP contribution in [0.1, 0.15) is 17.7 Å². The molecule has 1 fully saturated rings. The molecule has 0 unspecified atom stereocenters. The molecule has 1 aliphatic heterocycles.